The van der Waals surface area contributed by atoms with Crippen molar-refractivity contribution in [1.29, 1.82) is 0 Å². The van der Waals surface area contributed by atoms with Crippen LogP contribution in [0.15, 0.2) is 54.7 Å². The molecule has 0 bridgehead atoms. The lowest BCUT2D eigenvalue weighted by atomic mass is 10.2. The summed E-state index contributed by atoms with van der Waals surface area (Å²) in [5.74, 6) is -0.0695. The minimum absolute atomic E-state index is 0.0568. The number of hydrogen-bond acceptors (Lipinski definition) is 4. The first kappa shape index (κ1) is 14.3. The van der Waals surface area contributed by atoms with Gasteiger partial charge in [-0.15, -0.1) is 0 Å². The van der Waals surface area contributed by atoms with Crippen LogP contribution in [0.4, 0.5) is 11.4 Å². The van der Waals surface area contributed by atoms with Gasteiger partial charge in [-0.25, -0.2) is 4.79 Å². The fraction of sp³-hybridized carbons (Fsp3) is 0.111. The molecule has 2 aromatic carbocycles. The molecule has 24 heavy (non-hydrogen) atoms. The lowest BCUT2D eigenvalue weighted by Gasteiger charge is -2.29. The zero-order valence-electron chi connectivity index (χ0n) is 12.8. The van der Waals surface area contributed by atoms with E-state index in [1.165, 1.54) is 0 Å². The predicted molar refractivity (Wildman–Crippen MR) is 91.2 cm³/mol. The van der Waals surface area contributed by atoms with Crippen molar-refractivity contribution in [2.45, 2.75) is 0 Å². The lowest BCUT2D eigenvalue weighted by Crippen LogP contribution is -2.41. The number of hydrogen-bond donors (Lipinski definition) is 2. The number of carbonyl (C=O) groups excluding carboxylic acids is 2. The topological polar surface area (TPSA) is 74.4 Å². The van der Waals surface area contributed by atoms with Gasteiger partial charge in [0, 0.05) is 22.8 Å². The van der Waals surface area contributed by atoms with Crippen LogP contribution in [0.3, 0.4) is 0 Å². The molecule has 6 heteroatoms. The van der Waals surface area contributed by atoms with Crippen molar-refractivity contribution in [2.24, 2.45) is 0 Å². The van der Waals surface area contributed by atoms with Crippen LogP contribution in [0.1, 0.15) is 0 Å². The Kier molecular flexibility index (Phi) is 3.42. The van der Waals surface area contributed by atoms with Gasteiger partial charge in [-0.05, 0) is 36.4 Å². The summed E-state index contributed by atoms with van der Waals surface area (Å²) in [6.07, 6.45) is 1.85. The van der Waals surface area contributed by atoms with Crippen LogP contribution >= 0.6 is 0 Å². The third-order valence-electron chi connectivity index (χ3n) is 3.92. The first-order valence-electron chi connectivity index (χ1n) is 7.61. The Hall–Kier alpha value is -3.28. The van der Waals surface area contributed by atoms with Gasteiger partial charge < -0.3 is 19.9 Å². The molecule has 1 aromatic heterocycles. The normalized spacial score (nSPS) is 13.5. The summed E-state index contributed by atoms with van der Waals surface area (Å²) in [7, 11) is 0. The number of fused-ring (bicyclic) bond motifs is 2. The summed E-state index contributed by atoms with van der Waals surface area (Å²) in [4.78, 5) is 28.9. The fourth-order valence-corrected chi connectivity index (χ4v) is 2.85. The van der Waals surface area contributed by atoms with Gasteiger partial charge in [-0.1, -0.05) is 12.1 Å². The van der Waals surface area contributed by atoms with E-state index in [4.69, 9.17) is 4.74 Å². The molecule has 4 rings (SSSR count). The quantitative estimate of drug-likeness (QED) is 0.574. The Bertz CT molecular complexity index is 932. The highest BCUT2D eigenvalue weighted by atomic mass is 16.5. The van der Waals surface area contributed by atoms with Gasteiger partial charge in [0.2, 0.25) is 5.91 Å². The molecule has 2 N–H and O–H groups in total. The Balaban J connectivity index is 1.50. The maximum Gasteiger partial charge on any atom is 0.331 e. The molecule has 0 saturated heterocycles. The number of ether oxygens (including phenoxy) is 1. The van der Waals surface area contributed by atoms with Crippen LogP contribution in [0.25, 0.3) is 10.9 Å². The molecule has 0 saturated carbocycles. The predicted octanol–water partition coefficient (Wildman–Crippen LogP) is 2.53. The van der Waals surface area contributed by atoms with E-state index in [-0.39, 0.29) is 25.0 Å². The van der Waals surface area contributed by atoms with Gasteiger partial charge in [0.1, 0.15) is 6.54 Å². The van der Waals surface area contributed by atoms with E-state index in [1.54, 1.807) is 17.0 Å². The molecule has 120 valence electrons. The van der Waals surface area contributed by atoms with Gasteiger partial charge in [-0.3, -0.25) is 4.79 Å². The number of aromatic nitrogens is 1. The zero-order chi connectivity index (χ0) is 16.5. The van der Waals surface area contributed by atoms with Crippen molar-refractivity contribution in [3.63, 3.8) is 0 Å². The summed E-state index contributed by atoms with van der Waals surface area (Å²) >= 11 is 0. The summed E-state index contributed by atoms with van der Waals surface area (Å²) in [6, 6.07) is 14.8. The fourth-order valence-electron chi connectivity index (χ4n) is 2.85. The molecule has 0 fully saturated rings. The van der Waals surface area contributed by atoms with E-state index < -0.39 is 0 Å². The Labute approximate surface area is 138 Å². The van der Waals surface area contributed by atoms with E-state index in [0.717, 1.165) is 22.3 Å². The summed E-state index contributed by atoms with van der Waals surface area (Å²) < 4.78 is 5.19. The van der Waals surface area contributed by atoms with Crippen molar-refractivity contribution < 1.29 is 14.3 Å². The molecule has 6 nitrogen and oxygen atoms in total. The van der Waals surface area contributed by atoms with Gasteiger partial charge in [-0.2, -0.15) is 0 Å². The Morgan fingerprint density at radius 2 is 2.08 bits per heavy atom. The molecule has 0 spiro atoms. The first-order chi connectivity index (χ1) is 11.7. The van der Waals surface area contributed by atoms with E-state index in [1.807, 2.05) is 42.6 Å². The Morgan fingerprint density at radius 1 is 1.21 bits per heavy atom. The number of H-pyrrole nitrogens is 1. The van der Waals surface area contributed by atoms with E-state index >= 15 is 0 Å². The standard InChI is InChI=1S/C18H15N3O3/c22-17(20-13-5-6-14-12(9-13)7-8-19-14)10-21-11-18(23)24-16-4-2-1-3-15(16)21/h1-9,19H,10-11H2,(H,20,22). The summed E-state index contributed by atoms with van der Waals surface area (Å²) in [5, 5.41) is 3.90. The summed E-state index contributed by atoms with van der Waals surface area (Å²) in [5.41, 5.74) is 2.48. The van der Waals surface area contributed by atoms with E-state index in [9.17, 15) is 9.59 Å². The van der Waals surface area contributed by atoms with E-state index in [2.05, 4.69) is 10.3 Å². The average Bonchev–Trinajstić information content (AvgIpc) is 3.02. The van der Waals surface area contributed by atoms with Crippen molar-refractivity contribution in [3.8, 4) is 5.75 Å². The number of amides is 1. The third-order valence-corrected chi connectivity index (χ3v) is 3.92. The molecular weight excluding hydrogens is 306 g/mol. The van der Waals surface area contributed by atoms with Crippen LogP contribution in [0.5, 0.6) is 5.75 Å². The number of rotatable bonds is 3. The molecule has 1 amide bonds. The number of nitrogens with zero attached hydrogens (tertiary/aromatic N) is 1. The molecule has 0 radical (unpaired) electrons. The van der Waals surface area contributed by atoms with Gasteiger partial charge >= 0.3 is 5.97 Å². The third kappa shape index (κ3) is 2.69. The van der Waals surface area contributed by atoms with Crippen molar-refractivity contribution in [3.05, 3.63) is 54.7 Å². The number of benzene rings is 2. The number of nitrogens with one attached hydrogen (secondary N) is 2. The van der Waals surface area contributed by atoms with E-state index in [0.29, 0.717) is 5.75 Å². The van der Waals surface area contributed by atoms with Gasteiger partial charge in [0.25, 0.3) is 0 Å². The summed E-state index contributed by atoms with van der Waals surface area (Å²) in [6.45, 7) is 0.137. The molecule has 2 heterocycles. The number of aromatic amines is 1. The minimum atomic E-state index is -0.366. The highest BCUT2D eigenvalue weighted by molar-refractivity contribution is 5.98. The van der Waals surface area contributed by atoms with Crippen molar-refractivity contribution >= 4 is 34.2 Å². The molecular formula is C18H15N3O3. The number of carbonyl (C=O) groups is 2. The second kappa shape index (κ2) is 5.73. The van der Waals surface area contributed by atoms with Crippen LogP contribution in [-0.4, -0.2) is 29.9 Å². The SMILES string of the molecule is O=C(CN1CC(=O)Oc2ccccc21)Nc1ccc2[nH]ccc2c1. The van der Waals surface area contributed by atoms with Crippen molar-refractivity contribution in [1.82, 2.24) is 4.98 Å². The molecule has 1 aliphatic heterocycles. The first-order valence-corrected chi connectivity index (χ1v) is 7.61. The second-order valence-corrected chi connectivity index (χ2v) is 5.63. The minimum Gasteiger partial charge on any atom is -0.423 e. The zero-order valence-corrected chi connectivity index (χ0v) is 12.8. The highest BCUT2D eigenvalue weighted by Gasteiger charge is 2.25. The highest BCUT2D eigenvalue weighted by Crippen LogP contribution is 2.31. The molecule has 0 aliphatic carbocycles. The average molecular weight is 321 g/mol. The maximum absolute atomic E-state index is 12.4. The largest absolute Gasteiger partial charge is 0.423 e. The molecule has 3 aromatic rings. The maximum atomic E-state index is 12.4. The van der Waals surface area contributed by atoms with Crippen LogP contribution in [0.2, 0.25) is 0 Å². The molecule has 0 atom stereocenters. The van der Waals surface area contributed by atoms with Crippen molar-refractivity contribution in [2.75, 3.05) is 23.3 Å². The second-order valence-electron chi connectivity index (χ2n) is 5.63. The van der Waals surface area contributed by atoms with Crippen LogP contribution < -0.4 is 15.0 Å². The van der Waals surface area contributed by atoms with Gasteiger partial charge in [0.05, 0.1) is 12.2 Å². The number of para-hydroxylation sites is 2. The van der Waals surface area contributed by atoms with Crippen LogP contribution in [-0.2, 0) is 9.59 Å². The molecule has 1 aliphatic rings. The number of esters is 1. The van der Waals surface area contributed by atoms with Crippen LogP contribution in [0, 0.1) is 0 Å². The monoisotopic (exact) mass is 321 g/mol. The lowest BCUT2D eigenvalue weighted by molar-refractivity contribution is -0.133. The molecule has 0 unspecified atom stereocenters. The Morgan fingerprint density at radius 3 is 3.00 bits per heavy atom. The van der Waals surface area contributed by atoms with Gasteiger partial charge in [0.15, 0.2) is 5.75 Å². The smallest absolute Gasteiger partial charge is 0.331 e. The number of anilines is 2.